The summed E-state index contributed by atoms with van der Waals surface area (Å²) in [5.41, 5.74) is 6.31. The first-order valence-corrected chi connectivity index (χ1v) is 7.05. The molecule has 3 rings (SSSR count). The van der Waals surface area contributed by atoms with Gasteiger partial charge in [-0.1, -0.05) is 43.0 Å². The van der Waals surface area contributed by atoms with Crippen molar-refractivity contribution in [2.24, 2.45) is 0 Å². The summed E-state index contributed by atoms with van der Waals surface area (Å²) in [5.74, 6) is 0. The molecule has 1 heteroatoms. The molecule has 1 aliphatic rings. The summed E-state index contributed by atoms with van der Waals surface area (Å²) in [6, 6.07) is 21.0. The highest BCUT2D eigenvalue weighted by atomic mass is 15.2. The molecule has 0 amide bonds. The minimum Gasteiger partial charge on any atom is -0.310 e. The standard InChI is InChI=1S/C19H19N/c1-15-13-14-16(2)19(15)20(17-9-5-3-6-10-17)18-11-7-4-8-12-18/h3-12H,1,13-14H2,2H3. The van der Waals surface area contributed by atoms with Crippen molar-refractivity contribution in [2.75, 3.05) is 4.90 Å². The number of hydrogen-bond acceptors (Lipinski definition) is 1. The summed E-state index contributed by atoms with van der Waals surface area (Å²) in [5, 5.41) is 0. The Bertz CT molecular complexity index is 598. The zero-order valence-electron chi connectivity index (χ0n) is 11.8. The Labute approximate surface area is 120 Å². The van der Waals surface area contributed by atoms with Crippen molar-refractivity contribution in [1.29, 1.82) is 0 Å². The van der Waals surface area contributed by atoms with Crippen molar-refractivity contribution >= 4 is 11.4 Å². The minimum atomic E-state index is 1.07. The normalized spacial score (nSPS) is 14.8. The molecule has 1 aliphatic carbocycles. The molecule has 1 nitrogen and oxygen atoms in total. The highest BCUT2D eigenvalue weighted by Crippen LogP contribution is 2.39. The number of anilines is 2. The number of hydrogen-bond donors (Lipinski definition) is 0. The first kappa shape index (κ1) is 12.7. The second-order valence-electron chi connectivity index (χ2n) is 5.24. The average molecular weight is 261 g/mol. The minimum absolute atomic E-state index is 1.07. The molecule has 0 fully saturated rings. The van der Waals surface area contributed by atoms with E-state index < -0.39 is 0 Å². The molecule has 0 N–H and O–H groups in total. The average Bonchev–Trinajstić information content (AvgIpc) is 2.82. The van der Waals surface area contributed by atoms with Gasteiger partial charge >= 0.3 is 0 Å². The van der Waals surface area contributed by atoms with Crippen LogP contribution in [-0.2, 0) is 0 Å². The zero-order valence-corrected chi connectivity index (χ0v) is 11.8. The lowest BCUT2D eigenvalue weighted by atomic mass is 10.1. The Hall–Kier alpha value is -2.28. The SMILES string of the molecule is C=C1CCC(C)=C1N(c1ccccc1)c1ccccc1. The van der Waals surface area contributed by atoms with Gasteiger partial charge < -0.3 is 4.90 Å². The van der Waals surface area contributed by atoms with Crippen LogP contribution in [0.5, 0.6) is 0 Å². The molecule has 0 saturated heterocycles. The number of para-hydroxylation sites is 2. The van der Waals surface area contributed by atoms with E-state index in [4.69, 9.17) is 0 Å². The Balaban J connectivity index is 2.15. The van der Waals surface area contributed by atoms with E-state index in [0.717, 1.165) is 12.8 Å². The summed E-state index contributed by atoms with van der Waals surface area (Å²) in [6.07, 6.45) is 2.18. The van der Waals surface area contributed by atoms with Gasteiger partial charge in [-0.25, -0.2) is 0 Å². The third-order valence-electron chi connectivity index (χ3n) is 3.79. The molecular formula is C19H19N. The molecule has 0 aliphatic heterocycles. The molecule has 0 saturated carbocycles. The lowest BCUT2D eigenvalue weighted by Gasteiger charge is -2.28. The molecule has 0 unspecified atom stereocenters. The van der Waals surface area contributed by atoms with E-state index in [9.17, 15) is 0 Å². The second kappa shape index (κ2) is 5.38. The van der Waals surface area contributed by atoms with Gasteiger partial charge in [0.05, 0.1) is 0 Å². The summed E-state index contributed by atoms with van der Waals surface area (Å²) < 4.78 is 0. The fourth-order valence-electron chi connectivity index (χ4n) is 2.79. The number of benzene rings is 2. The van der Waals surface area contributed by atoms with Crippen LogP contribution in [0.15, 0.2) is 84.1 Å². The molecule has 100 valence electrons. The van der Waals surface area contributed by atoms with Crippen molar-refractivity contribution < 1.29 is 0 Å². The van der Waals surface area contributed by atoms with E-state index >= 15 is 0 Å². The van der Waals surface area contributed by atoms with Crippen LogP contribution < -0.4 is 4.90 Å². The largest absolute Gasteiger partial charge is 0.310 e. The van der Waals surface area contributed by atoms with E-state index in [-0.39, 0.29) is 0 Å². The lowest BCUT2D eigenvalue weighted by molar-refractivity contribution is 1.01. The molecule has 0 atom stereocenters. The predicted molar refractivity (Wildman–Crippen MR) is 86.1 cm³/mol. The quantitative estimate of drug-likeness (QED) is 0.710. The summed E-state index contributed by atoms with van der Waals surface area (Å²) in [7, 11) is 0. The molecule has 0 radical (unpaired) electrons. The summed E-state index contributed by atoms with van der Waals surface area (Å²) in [6.45, 7) is 6.47. The molecule has 0 spiro atoms. The van der Waals surface area contributed by atoms with E-state index in [1.54, 1.807) is 0 Å². The third-order valence-corrected chi connectivity index (χ3v) is 3.79. The number of allylic oxidation sites excluding steroid dienone is 2. The molecule has 0 bridgehead atoms. The number of rotatable bonds is 3. The molecular weight excluding hydrogens is 242 g/mol. The van der Waals surface area contributed by atoms with E-state index in [2.05, 4.69) is 79.1 Å². The molecule has 0 aromatic heterocycles. The highest BCUT2D eigenvalue weighted by Gasteiger charge is 2.23. The third kappa shape index (κ3) is 2.27. The van der Waals surface area contributed by atoms with Crippen LogP contribution in [0.25, 0.3) is 0 Å². The van der Waals surface area contributed by atoms with Crippen LogP contribution in [0.4, 0.5) is 11.4 Å². The van der Waals surface area contributed by atoms with Crippen molar-refractivity contribution in [3.8, 4) is 0 Å². The maximum Gasteiger partial charge on any atom is 0.0477 e. The van der Waals surface area contributed by atoms with Crippen LogP contribution in [0.3, 0.4) is 0 Å². The van der Waals surface area contributed by atoms with Crippen LogP contribution in [-0.4, -0.2) is 0 Å². The van der Waals surface area contributed by atoms with Gasteiger partial charge in [0, 0.05) is 17.1 Å². The van der Waals surface area contributed by atoms with E-state index in [0.29, 0.717) is 0 Å². The van der Waals surface area contributed by atoms with Crippen molar-refractivity contribution in [2.45, 2.75) is 19.8 Å². The van der Waals surface area contributed by atoms with Gasteiger partial charge in [-0.15, -0.1) is 0 Å². The van der Waals surface area contributed by atoms with Crippen molar-refractivity contribution in [3.63, 3.8) is 0 Å². The van der Waals surface area contributed by atoms with Gasteiger partial charge in [0.25, 0.3) is 0 Å². The molecule has 20 heavy (non-hydrogen) atoms. The Morgan fingerprint density at radius 2 is 1.30 bits per heavy atom. The van der Waals surface area contributed by atoms with Gasteiger partial charge in [0.1, 0.15) is 0 Å². The van der Waals surface area contributed by atoms with E-state index in [1.807, 2.05) is 0 Å². The fourth-order valence-corrected chi connectivity index (χ4v) is 2.79. The Kier molecular flexibility index (Phi) is 3.42. The number of nitrogens with zero attached hydrogens (tertiary/aromatic N) is 1. The molecule has 2 aromatic carbocycles. The Morgan fingerprint density at radius 3 is 1.70 bits per heavy atom. The predicted octanol–water partition coefficient (Wildman–Crippen LogP) is 5.45. The van der Waals surface area contributed by atoms with E-state index in [1.165, 1.54) is 28.2 Å². The second-order valence-corrected chi connectivity index (χ2v) is 5.24. The van der Waals surface area contributed by atoms with Crippen LogP contribution in [0.2, 0.25) is 0 Å². The van der Waals surface area contributed by atoms with Crippen molar-refractivity contribution in [1.82, 2.24) is 0 Å². The van der Waals surface area contributed by atoms with Crippen LogP contribution in [0, 0.1) is 0 Å². The summed E-state index contributed by atoms with van der Waals surface area (Å²) >= 11 is 0. The molecule has 2 aromatic rings. The fraction of sp³-hybridized carbons (Fsp3) is 0.158. The first-order valence-electron chi connectivity index (χ1n) is 7.05. The smallest absolute Gasteiger partial charge is 0.0477 e. The van der Waals surface area contributed by atoms with Crippen molar-refractivity contribution in [3.05, 3.63) is 84.1 Å². The first-order chi connectivity index (χ1) is 9.77. The van der Waals surface area contributed by atoms with Gasteiger partial charge in [0.15, 0.2) is 0 Å². The van der Waals surface area contributed by atoms with Gasteiger partial charge in [-0.05, 0) is 55.2 Å². The van der Waals surface area contributed by atoms with Gasteiger partial charge in [-0.3, -0.25) is 0 Å². The summed E-state index contributed by atoms with van der Waals surface area (Å²) in [4.78, 5) is 2.32. The zero-order chi connectivity index (χ0) is 13.9. The maximum atomic E-state index is 4.26. The highest BCUT2D eigenvalue weighted by molar-refractivity contribution is 5.72. The van der Waals surface area contributed by atoms with Gasteiger partial charge in [-0.2, -0.15) is 0 Å². The van der Waals surface area contributed by atoms with Crippen LogP contribution in [0.1, 0.15) is 19.8 Å². The molecule has 0 heterocycles. The van der Waals surface area contributed by atoms with Gasteiger partial charge in [0.2, 0.25) is 0 Å². The van der Waals surface area contributed by atoms with Crippen LogP contribution >= 0.6 is 0 Å². The maximum absolute atomic E-state index is 4.26. The Morgan fingerprint density at radius 1 is 0.800 bits per heavy atom. The topological polar surface area (TPSA) is 3.24 Å². The monoisotopic (exact) mass is 261 g/mol. The lowest BCUT2D eigenvalue weighted by Crippen LogP contribution is -2.16.